The number of ketones is 1. The molecule has 0 aromatic heterocycles. The lowest BCUT2D eigenvalue weighted by atomic mass is 10.1. The van der Waals surface area contributed by atoms with Gasteiger partial charge in [0.1, 0.15) is 11.5 Å². The number of hydrogen-bond acceptors (Lipinski definition) is 3. The molecule has 106 valence electrons. The number of carbonyl (C=O) groups is 1. The lowest BCUT2D eigenvalue weighted by Gasteiger charge is -2.12. The highest BCUT2D eigenvalue weighted by molar-refractivity contribution is 8.00. The van der Waals surface area contributed by atoms with Gasteiger partial charge in [-0.15, -0.1) is 0 Å². The average molecular weight is 300 g/mol. The number of thioether (sulfide) groups is 1. The number of alkyl halides is 5. The summed E-state index contributed by atoms with van der Waals surface area (Å²) in [6, 6.07) is 3.13. The molecule has 0 saturated heterocycles. The van der Waals surface area contributed by atoms with Crippen LogP contribution < -0.4 is 4.74 Å². The Hall–Kier alpha value is -1.31. The van der Waals surface area contributed by atoms with Gasteiger partial charge in [-0.05, 0) is 30.8 Å². The molecule has 1 rings (SSSR count). The van der Waals surface area contributed by atoms with Crippen molar-refractivity contribution < 1.29 is 31.5 Å². The minimum absolute atomic E-state index is 0.124. The van der Waals surface area contributed by atoms with E-state index in [-0.39, 0.29) is 22.7 Å². The number of halogens is 5. The number of ether oxygens (including phenoxy) is 1. The maximum absolute atomic E-state index is 12.2. The Bertz CT molecular complexity index is 459. The predicted molar refractivity (Wildman–Crippen MR) is 59.4 cm³/mol. The van der Waals surface area contributed by atoms with Crippen LogP contribution in [-0.4, -0.2) is 17.9 Å². The quantitative estimate of drug-likeness (QED) is 0.606. The van der Waals surface area contributed by atoms with E-state index in [1.54, 1.807) is 0 Å². The second kappa shape index (κ2) is 6.23. The normalized spacial score (nSPS) is 11.7. The molecule has 0 heterocycles. The fourth-order valence-corrected chi connectivity index (χ4v) is 1.92. The molecule has 0 atom stereocenters. The van der Waals surface area contributed by atoms with E-state index in [0.717, 1.165) is 12.1 Å². The maximum atomic E-state index is 12.2. The number of Topliss-reactive ketones (excluding diaryl/α,β-unsaturated/α-hetero) is 1. The fraction of sp³-hybridized carbons (Fsp3) is 0.364. The van der Waals surface area contributed by atoms with Gasteiger partial charge in [-0.1, -0.05) is 6.07 Å². The van der Waals surface area contributed by atoms with E-state index >= 15 is 0 Å². The summed E-state index contributed by atoms with van der Waals surface area (Å²) in [6.07, 6.45) is -0.182. The average Bonchev–Trinajstić information content (AvgIpc) is 2.18. The zero-order valence-electron chi connectivity index (χ0n) is 9.63. The smallest absolute Gasteiger partial charge is 0.434 e. The van der Waals surface area contributed by atoms with Crippen LogP contribution in [0.25, 0.3) is 0 Å². The molecule has 0 fully saturated rings. The molecule has 1 aromatic carbocycles. The maximum Gasteiger partial charge on any atom is 0.446 e. The van der Waals surface area contributed by atoms with Crippen molar-refractivity contribution in [2.24, 2.45) is 0 Å². The first-order valence-corrected chi connectivity index (χ1v) is 5.82. The largest absolute Gasteiger partial charge is 0.446 e. The van der Waals surface area contributed by atoms with Crippen LogP contribution in [0.15, 0.2) is 23.1 Å². The van der Waals surface area contributed by atoms with Crippen molar-refractivity contribution >= 4 is 17.5 Å². The van der Waals surface area contributed by atoms with Gasteiger partial charge in [-0.3, -0.25) is 4.79 Å². The zero-order valence-corrected chi connectivity index (χ0v) is 10.4. The third kappa shape index (κ3) is 5.91. The van der Waals surface area contributed by atoms with Gasteiger partial charge >= 0.3 is 12.1 Å². The highest BCUT2D eigenvalue weighted by atomic mass is 32.2. The summed E-state index contributed by atoms with van der Waals surface area (Å²) in [5, 5.41) is 0. The first kappa shape index (κ1) is 15.7. The van der Waals surface area contributed by atoms with Crippen molar-refractivity contribution in [3.05, 3.63) is 23.8 Å². The van der Waals surface area contributed by atoms with Crippen LogP contribution >= 0.6 is 11.8 Å². The van der Waals surface area contributed by atoms with Crippen molar-refractivity contribution in [1.29, 1.82) is 0 Å². The van der Waals surface area contributed by atoms with Gasteiger partial charge in [0, 0.05) is 16.9 Å². The second-order valence-corrected chi connectivity index (χ2v) is 4.71. The van der Waals surface area contributed by atoms with Crippen LogP contribution in [0, 0.1) is 0 Å². The van der Waals surface area contributed by atoms with Crippen LogP contribution in [0.5, 0.6) is 5.75 Å². The number of hydrogen-bond donors (Lipinski definition) is 0. The summed E-state index contributed by atoms with van der Waals surface area (Å²) in [7, 11) is 0. The van der Waals surface area contributed by atoms with Crippen LogP contribution in [0.1, 0.15) is 12.5 Å². The highest BCUT2D eigenvalue weighted by Crippen LogP contribution is 2.39. The minimum atomic E-state index is -4.52. The molecule has 0 amide bonds. The van der Waals surface area contributed by atoms with Crippen molar-refractivity contribution in [2.45, 2.75) is 30.4 Å². The standard InChI is InChI=1S/C11H9F5O2S/c1-6(17)4-7-2-3-8(19-11(14,15)16)5-9(7)18-10(12)13/h2-3,5,10H,4H2,1H3. The molecule has 8 heteroatoms. The van der Waals surface area contributed by atoms with Gasteiger partial charge in [-0.2, -0.15) is 22.0 Å². The van der Waals surface area contributed by atoms with Crippen molar-refractivity contribution in [1.82, 2.24) is 0 Å². The Morgan fingerprint density at radius 1 is 1.37 bits per heavy atom. The third-order valence-electron chi connectivity index (χ3n) is 1.93. The summed E-state index contributed by atoms with van der Waals surface area (Å²) in [5.41, 5.74) is -4.40. The Morgan fingerprint density at radius 3 is 2.47 bits per heavy atom. The van der Waals surface area contributed by atoms with E-state index in [0.29, 0.717) is 0 Å². The monoisotopic (exact) mass is 300 g/mol. The topological polar surface area (TPSA) is 26.3 Å². The molecule has 0 N–H and O–H groups in total. The number of rotatable bonds is 5. The van der Waals surface area contributed by atoms with Gasteiger partial charge in [-0.25, -0.2) is 0 Å². The SMILES string of the molecule is CC(=O)Cc1ccc(SC(F)(F)F)cc1OC(F)F. The molecule has 2 nitrogen and oxygen atoms in total. The third-order valence-corrected chi connectivity index (χ3v) is 2.65. The molecule has 0 bridgehead atoms. The molecule has 0 aliphatic carbocycles. The van der Waals surface area contributed by atoms with Crippen molar-refractivity contribution in [3.8, 4) is 5.75 Å². The van der Waals surface area contributed by atoms with E-state index in [2.05, 4.69) is 4.74 Å². The minimum Gasteiger partial charge on any atom is -0.434 e. The Balaban J connectivity index is 3.03. The summed E-state index contributed by atoms with van der Waals surface area (Å²) < 4.78 is 65.0. The number of carbonyl (C=O) groups excluding carboxylic acids is 1. The lowest BCUT2D eigenvalue weighted by Crippen LogP contribution is -2.07. The summed E-state index contributed by atoms with van der Waals surface area (Å²) in [4.78, 5) is 10.7. The zero-order chi connectivity index (χ0) is 14.6. The molecule has 0 unspecified atom stereocenters. The highest BCUT2D eigenvalue weighted by Gasteiger charge is 2.29. The summed E-state index contributed by atoms with van der Waals surface area (Å²) in [5.74, 6) is -0.727. The predicted octanol–water partition coefficient (Wildman–Crippen LogP) is 4.03. The molecule has 0 saturated carbocycles. The summed E-state index contributed by atoms with van der Waals surface area (Å²) >= 11 is -0.440. The lowest BCUT2D eigenvalue weighted by molar-refractivity contribution is -0.116. The van der Waals surface area contributed by atoms with Crippen molar-refractivity contribution in [2.75, 3.05) is 0 Å². The molecule has 19 heavy (non-hydrogen) atoms. The Morgan fingerprint density at radius 2 is 2.00 bits per heavy atom. The first-order valence-electron chi connectivity index (χ1n) is 5.00. The van der Waals surface area contributed by atoms with Crippen LogP contribution in [0.2, 0.25) is 0 Å². The van der Waals surface area contributed by atoms with E-state index < -0.39 is 29.6 Å². The molecule has 0 aliphatic heterocycles. The molecular formula is C11H9F5O2S. The Kier molecular flexibility index (Phi) is 5.16. The molecule has 0 radical (unpaired) electrons. The molecule has 0 aliphatic rings. The van der Waals surface area contributed by atoms with Gasteiger partial charge in [0.15, 0.2) is 0 Å². The van der Waals surface area contributed by atoms with Gasteiger partial charge in [0.05, 0.1) is 0 Å². The molecular weight excluding hydrogens is 291 g/mol. The van der Waals surface area contributed by atoms with Gasteiger partial charge in [0.2, 0.25) is 0 Å². The van der Waals surface area contributed by atoms with Gasteiger partial charge in [0.25, 0.3) is 0 Å². The molecule has 0 spiro atoms. The van der Waals surface area contributed by atoms with Crippen LogP contribution in [-0.2, 0) is 11.2 Å². The van der Waals surface area contributed by atoms with E-state index in [1.807, 2.05) is 0 Å². The molecule has 1 aromatic rings. The Labute approximate surface area is 109 Å². The van der Waals surface area contributed by atoms with Crippen molar-refractivity contribution in [3.63, 3.8) is 0 Å². The first-order chi connectivity index (χ1) is 8.67. The van der Waals surface area contributed by atoms with Crippen LogP contribution in [0.4, 0.5) is 22.0 Å². The van der Waals surface area contributed by atoms with E-state index in [1.165, 1.54) is 13.0 Å². The number of benzene rings is 1. The van der Waals surface area contributed by atoms with E-state index in [4.69, 9.17) is 0 Å². The van der Waals surface area contributed by atoms with Gasteiger partial charge < -0.3 is 4.74 Å². The fourth-order valence-electron chi connectivity index (χ4n) is 1.35. The second-order valence-electron chi connectivity index (χ2n) is 3.57. The summed E-state index contributed by atoms with van der Waals surface area (Å²) in [6.45, 7) is -1.93. The van der Waals surface area contributed by atoms with E-state index in [9.17, 15) is 26.7 Å². The van der Waals surface area contributed by atoms with Crippen LogP contribution in [0.3, 0.4) is 0 Å².